The summed E-state index contributed by atoms with van der Waals surface area (Å²) in [5.41, 5.74) is 1.97. The van der Waals surface area contributed by atoms with Crippen molar-refractivity contribution in [1.29, 1.82) is 0 Å². The van der Waals surface area contributed by atoms with Crippen LogP contribution < -0.4 is 0 Å². The minimum atomic E-state index is 0.131. The van der Waals surface area contributed by atoms with Crippen LogP contribution in [0.5, 0.6) is 0 Å². The van der Waals surface area contributed by atoms with Gasteiger partial charge in [-0.2, -0.15) is 0 Å². The van der Waals surface area contributed by atoms with Crippen molar-refractivity contribution in [2.24, 2.45) is 0 Å². The highest BCUT2D eigenvalue weighted by atomic mass is 15.7. The third kappa shape index (κ3) is 4.86. The summed E-state index contributed by atoms with van der Waals surface area (Å²) >= 11 is 0. The molecule has 11 aliphatic rings. The second kappa shape index (κ2) is 15.3. The lowest BCUT2D eigenvalue weighted by Crippen LogP contribution is -2.96. The number of likely N-dealkylation sites (tertiary alicyclic amines) is 11. The molecule has 0 aromatic carbocycles. The molecule has 11 rings (SSSR count). The molecule has 364 valence electrons. The van der Waals surface area contributed by atoms with Crippen molar-refractivity contribution in [3.63, 3.8) is 0 Å². The van der Waals surface area contributed by atoms with Crippen LogP contribution in [0.2, 0.25) is 0 Å². The lowest BCUT2D eigenvalue weighted by atomic mass is 9.61. The molecule has 0 saturated carbocycles. The van der Waals surface area contributed by atoms with Crippen LogP contribution in [0.3, 0.4) is 0 Å². The van der Waals surface area contributed by atoms with Crippen LogP contribution >= 0.6 is 0 Å². The lowest BCUT2D eigenvalue weighted by Gasteiger charge is -2.83. The molecule has 64 heavy (non-hydrogen) atoms. The summed E-state index contributed by atoms with van der Waals surface area (Å²) in [5, 5.41) is 0. The Bertz CT molecular complexity index is 1780. The van der Waals surface area contributed by atoms with E-state index in [1.807, 2.05) is 0 Å². The van der Waals surface area contributed by atoms with Gasteiger partial charge in [-0.3, -0.25) is 53.9 Å². The maximum absolute atomic E-state index is 3.21. The molecule has 0 bridgehead atoms. The molecular weight excluding hydrogens is 791 g/mol. The summed E-state index contributed by atoms with van der Waals surface area (Å²) in [7, 11) is 0. The Morgan fingerprint density at radius 1 is 0.219 bits per heavy atom. The number of hydrogen-bond acceptors (Lipinski definition) is 11. The van der Waals surface area contributed by atoms with Gasteiger partial charge >= 0.3 is 0 Å². The van der Waals surface area contributed by atoms with Crippen molar-refractivity contribution in [3.05, 3.63) is 0 Å². The number of rotatable bonds is 11. The highest BCUT2D eigenvalue weighted by Crippen LogP contribution is 2.72. The summed E-state index contributed by atoms with van der Waals surface area (Å²) < 4.78 is 0. The van der Waals surface area contributed by atoms with Crippen molar-refractivity contribution in [1.82, 2.24) is 53.9 Å². The van der Waals surface area contributed by atoms with Gasteiger partial charge in [0, 0.05) is 19.4 Å². The van der Waals surface area contributed by atoms with Crippen molar-refractivity contribution in [2.75, 3.05) is 85.1 Å². The Morgan fingerprint density at radius 2 is 0.469 bits per heavy atom. The molecule has 0 N–H and O–H groups in total. The van der Waals surface area contributed by atoms with E-state index in [1.165, 1.54) is 174 Å². The smallest absolute Gasteiger partial charge is 0.0828 e. The molecule has 10 unspecified atom stereocenters. The molecule has 0 amide bonds. The molecular formula is C53H97N11. The van der Waals surface area contributed by atoms with Crippen molar-refractivity contribution >= 4 is 0 Å². The van der Waals surface area contributed by atoms with Gasteiger partial charge in [0.25, 0.3) is 0 Å². The first-order chi connectivity index (χ1) is 30.9. The fourth-order valence-corrected chi connectivity index (χ4v) is 22.1. The van der Waals surface area contributed by atoms with Gasteiger partial charge in [0.15, 0.2) is 0 Å². The van der Waals surface area contributed by atoms with E-state index >= 15 is 0 Å². The standard InChI is InChI=1S/C53H97N11/c1-12-54-40-23-24-44(54)25-26-45(56(44)14-3)27-28-46(57(45)15-4)29-30-47(58(46)16-5)31-32-48(59(47)17-6)33-34-49(60(48)18-7)35-36-50(61(49)19-8)37-38-52(62(50)20-9)43-53(64(52)22-11)42-51(63(53)21-10)39-41-55(51)13-2/h12-43H2,1-11H3. The highest BCUT2D eigenvalue weighted by molar-refractivity contribution is 5.31. The SMILES string of the molecule is CCN1CCCC12CCC1(CCC3(CCC4(CCC5(CCC6(CCC7(CCC8(CC9(CC%10(CCN%10CC)N9CC)N8CC)N7CC)N6CC)N5CC)N4CC)N3CC)N1CC)N2CC. The lowest BCUT2D eigenvalue weighted by molar-refractivity contribution is -0.397. The van der Waals surface area contributed by atoms with Crippen LogP contribution in [-0.2, 0) is 0 Å². The molecule has 0 aromatic heterocycles. The first kappa shape index (κ1) is 46.0. The predicted molar refractivity (Wildman–Crippen MR) is 261 cm³/mol. The Kier molecular flexibility index (Phi) is 11.0. The summed E-state index contributed by atoms with van der Waals surface area (Å²) in [5.74, 6) is 0. The second-order valence-electron chi connectivity index (χ2n) is 23.4. The van der Waals surface area contributed by atoms with Gasteiger partial charge in [-0.25, -0.2) is 0 Å². The third-order valence-electron chi connectivity index (χ3n) is 23.2. The van der Waals surface area contributed by atoms with Crippen molar-refractivity contribution in [2.45, 2.75) is 255 Å². The maximum Gasteiger partial charge on any atom is 0.0828 e. The van der Waals surface area contributed by atoms with E-state index in [2.05, 4.69) is 130 Å². The normalized spacial score (nSPS) is 49.7. The molecule has 11 aliphatic heterocycles. The molecule has 10 spiro atoms. The molecule has 0 aromatic rings. The van der Waals surface area contributed by atoms with E-state index in [1.54, 1.807) is 0 Å². The van der Waals surface area contributed by atoms with E-state index in [0.717, 1.165) is 32.7 Å². The van der Waals surface area contributed by atoms with E-state index < -0.39 is 0 Å². The summed E-state index contributed by atoms with van der Waals surface area (Å²) in [6, 6.07) is 0. The van der Waals surface area contributed by atoms with E-state index in [9.17, 15) is 0 Å². The monoisotopic (exact) mass is 888 g/mol. The van der Waals surface area contributed by atoms with E-state index in [0.29, 0.717) is 5.66 Å². The molecule has 11 heteroatoms. The second-order valence-corrected chi connectivity index (χ2v) is 23.4. The minimum absolute atomic E-state index is 0.131. The van der Waals surface area contributed by atoms with Crippen LogP contribution in [0, 0.1) is 0 Å². The van der Waals surface area contributed by atoms with Gasteiger partial charge < -0.3 is 0 Å². The predicted octanol–water partition coefficient (Wildman–Crippen LogP) is 8.05. The van der Waals surface area contributed by atoms with Gasteiger partial charge in [0.05, 0.1) is 56.6 Å². The quantitative estimate of drug-likeness (QED) is 0.203. The first-order valence-corrected chi connectivity index (χ1v) is 28.4. The average Bonchev–Trinajstić information content (AvgIpc) is 4.17. The average molecular weight is 888 g/mol. The summed E-state index contributed by atoms with van der Waals surface area (Å²) in [6.45, 7) is 43.0. The van der Waals surface area contributed by atoms with Crippen molar-refractivity contribution in [3.8, 4) is 0 Å². The van der Waals surface area contributed by atoms with Crippen LogP contribution in [-0.4, -0.2) is 196 Å². The topological polar surface area (TPSA) is 35.6 Å². The van der Waals surface area contributed by atoms with Crippen LogP contribution in [0.25, 0.3) is 0 Å². The molecule has 11 nitrogen and oxygen atoms in total. The third-order valence-corrected chi connectivity index (χ3v) is 23.2. The van der Waals surface area contributed by atoms with Crippen LogP contribution in [0.1, 0.15) is 198 Å². The zero-order valence-corrected chi connectivity index (χ0v) is 43.5. The molecule has 0 radical (unpaired) electrons. The van der Waals surface area contributed by atoms with Crippen LogP contribution in [0.4, 0.5) is 0 Å². The first-order valence-electron chi connectivity index (χ1n) is 28.4. The maximum atomic E-state index is 3.21. The summed E-state index contributed by atoms with van der Waals surface area (Å²) in [6.07, 6.45) is 25.5. The molecule has 10 atom stereocenters. The fourth-order valence-electron chi connectivity index (χ4n) is 22.1. The zero-order valence-electron chi connectivity index (χ0n) is 43.5. The number of nitrogens with zero attached hydrogens (tertiary/aromatic N) is 11. The fraction of sp³-hybridized carbons (Fsp3) is 1.00. The van der Waals surface area contributed by atoms with E-state index in [4.69, 9.17) is 0 Å². The minimum Gasteiger partial charge on any atom is -0.286 e. The Labute approximate surface area is 392 Å². The Hall–Kier alpha value is -0.440. The van der Waals surface area contributed by atoms with Gasteiger partial charge in [-0.1, -0.05) is 76.2 Å². The van der Waals surface area contributed by atoms with Gasteiger partial charge in [-0.15, -0.1) is 0 Å². The van der Waals surface area contributed by atoms with E-state index in [-0.39, 0.29) is 51.0 Å². The molecule has 11 saturated heterocycles. The van der Waals surface area contributed by atoms with Crippen LogP contribution in [0.15, 0.2) is 0 Å². The molecule has 11 heterocycles. The zero-order chi connectivity index (χ0) is 45.0. The molecule has 11 fully saturated rings. The van der Waals surface area contributed by atoms with Gasteiger partial charge in [0.1, 0.15) is 0 Å². The number of hydrogen-bond donors (Lipinski definition) is 0. The summed E-state index contributed by atoms with van der Waals surface area (Å²) in [4.78, 5) is 34.0. The van der Waals surface area contributed by atoms with Gasteiger partial charge in [0.2, 0.25) is 0 Å². The molecule has 0 aliphatic carbocycles. The van der Waals surface area contributed by atoms with Gasteiger partial charge in [-0.05, 0) is 188 Å². The Morgan fingerprint density at radius 3 is 0.781 bits per heavy atom. The largest absolute Gasteiger partial charge is 0.286 e. The highest BCUT2D eigenvalue weighted by Gasteiger charge is 2.82. The van der Waals surface area contributed by atoms with Crippen molar-refractivity contribution < 1.29 is 0 Å². The Balaban J connectivity index is 0.892.